The molecule has 0 amide bonds. The lowest BCUT2D eigenvalue weighted by molar-refractivity contribution is 0.368. The quantitative estimate of drug-likeness (QED) is 0.438. The van der Waals surface area contributed by atoms with Gasteiger partial charge in [0.15, 0.2) is 0 Å². The normalized spacial score (nSPS) is 16.1. The van der Waals surface area contributed by atoms with E-state index in [1.54, 1.807) is 5.56 Å². The summed E-state index contributed by atoms with van der Waals surface area (Å²) in [5, 5.41) is 0. The van der Waals surface area contributed by atoms with E-state index in [1.807, 2.05) is 0 Å². The number of benzene rings is 1. The van der Waals surface area contributed by atoms with Crippen molar-refractivity contribution in [2.75, 3.05) is 11.5 Å². The van der Waals surface area contributed by atoms with E-state index in [4.69, 9.17) is 0 Å². The van der Waals surface area contributed by atoms with Crippen LogP contribution in [0.25, 0.3) is 0 Å². The van der Waals surface area contributed by atoms with Crippen LogP contribution in [-0.2, 0) is 23.1 Å². The standard InChI is InChI=1S/C13H19S.BF4/c1-2-12-5-7-13(8-6-12)11-14-9-3-4-10-14;2-1(3,4)5/h5-8H,2-4,9-11H2,1H3;/q+1;-1. The Balaban J connectivity index is 0.000000312. The smallest absolute Gasteiger partial charge is 0.418 e. The van der Waals surface area contributed by atoms with Crippen molar-refractivity contribution in [2.45, 2.75) is 31.9 Å². The fourth-order valence-corrected chi connectivity index (χ4v) is 4.35. The van der Waals surface area contributed by atoms with Gasteiger partial charge in [0.1, 0.15) is 17.3 Å². The molecule has 0 unspecified atom stereocenters. The molecule has 0 nitrogen and oxygen atoms in total. The van der Waals surface area contributed by atoms with Crippen LogP contribution < -0.4 is 0 Å². The van der Waals surface area contributed by atoms with E-state index in [2.05, 4.69) is 31.2 Å². The topological polar surface area (TPSA) is 0 Å². The van der Waals surface area contributed by atoms with E-state index >= 15 is 0 Å². The number of hydrogen-bond donors (Lipinski definition) is 0. The van der Waals surface area contributed by atoms with Crippen LogP contribution in [0.2, 0.25) is 0 Å². The van der Waals surface area contributed by atoms with Crippen molar-refractivity contribution in [2.24, 2.45) is 0 Å². The molecule has 0 spiro atoms. The second-order valence-electron chi connectivity index (χ2n) is 4.54. The molecule has 1 aliphatic rings. The number of hydrogen-bond acceptors (Lipinski definition) is 0. The van der Waals surface area contributed by atoms with E-state index in [1.165, 1.54) is 35.7 Å². The zero-order valence-corrected chi connectivity index (χ0v) is 11.9. The Morgan fingerprint density at radius 3 is 1.79 bits per heavy atom. The summed E-state index contributed by atoms with van der Waals surface area (Å²) in [6, 6.07) is 9.22. The van der Waals surface area contributed by atoms with Gasteiger partial charge in [0.2, 0.25) is 0 Å². The third-order valence-electron chi connectivity index (χ3n) is 2.92. The van der Waals surface area contributed by atoms with E-state index in [-0.39, 0.29) is 0 Å². The Morgan fingerprint density at radius 1 is 0.947 bits per heavy atom. The molecule has 1 aromatic carbocycles. The first-order valence-corrected chi connectivity index (χ1v) is 8.21. The first-order chi connectivity index (χ1) is 8.88. The molecule has 1 aromatic rings. The van der Waals surface area contributed by atoms with E-state index in [9.17, 15) is 17.3 Å². The molecule has 108 valence electrons. The lowest BCUT2D eigenvalue weighted by Gasteiger charge is -2.02. The fourth-order valence-electron chi connectivity index (χ4n) is 1.97. The van der Waals surface area contributed by atoms with Crippen molar-refractivity contribution in [1.29, 1.82) is 0 Å². The molecule has 1 fully saturated rings. The lowest BCUT2D eigenvalue weighted by Crippen LogP contribution is -2.06. The Bertz CT molecular complexity index is 352. The van der Waals surface area contributed by atoms with Gasteiger partial charge in [-0.15, -0.1) is 0 Å². The van der Waals surface area contributed by atoms with Gasteiger partial charge in [-0.1, -0.05) is 31.2 Å². The summed E-state index contributed by atoms with van der Waals surface area (Å²) in [5.74, 6) is 4.30. The third-order valence-corrected chi connectivity index (χ3v) is 5.39. The first kappa shape index (κ1) is 16.4. The molecule has 0 aromatic heterocycles. The van der Waals surface area contributed by atoms with Gasteiger partial charge in [0.05, 0.1) is 0 Å². The molecule has 0 atom stereocenters. The fraction of sp³-hybridized carbons (Fsp3) is 0.538. The van der Waals surface area contributed by atoms with Gasteiger partial charge in [-0.3, -0.25) is 0 Å². The van der Waals surface area contributed by atoms with Crippen molar-refractivity contribution in [3.05, 3.63) is 35.4 Å². The number of halogens is 4. The van der Waals surface area contributed by atoms with Crippen LogP contribution >= 0.6 is 0 Å². The molecule has 6 heteroatoms. The van der Waals surface area contributed by atoms with Gasteiger partial charge in [-0.25, -0.2) is 0 Å². The van der Waals surface area contributed by atoms with Gasteiger partial charge in [0.25, 0.3) is 0 Å². The molecule has 1 aliphatic heterocycles. The summed E-state index contributed by atoms with van der Waals surface area (Å²) in [7, 11) is -5.29. The summed E-state index contributed by atoms with van der Waals surface area (Å²) in [6.45, 7) is 2.22. The lowest BCUT2D eigenvalue weighted by atomic mass is 10.1. The second kappa shape index (κ2) is 7.83. The predicted molar refractivity (Wildman–Crippen MR) is 76.0 cm³/mol. The van der Waals surface area contributed by atoms with Crippen molar-refractivity contribution in [3.63, 3.8) is 0 Å². The SMILES string of the molecule is CCc1ccc(C[S+]2CCCC2)cc1.F[B-](F)(F)F. The first-order valence-electron chi connectivity index (χ1n) is 6.47. The van der Waals surface area contributed by atoms with Crippen LogP contribution in [0.5, 0.6) is 0 Å². The molecule has 2 rings (SSSR count). The molecular formula is C13H19BF4S. The highest BCUT2D eigenvalue weighted by atomic mass is 32.2. The van der Waals surface area contributed by atoms with Gasteiger partial charge >= 0.3 is 7.25 Å². The molecule has 0 bridgehead atoms. The molecular weight excluding hydrogens is 275 g/mol. The van der Waals surface area contributed by atoms with Gasteiger partial charge in [0, 0.05) is 5.56 Å². The van der Waals surface area contributed by atoms with Gasteiger partial charge in [-0.2, -0.15) is 0 Å². The maximum absolute atomic E-state index is 9.75. The molecule has 1 saturated heterocycles. The average molecular weight is 294 g/mol. The average Bonchev–Trinajstić information content (AvgIpc) is 2.81. The van der Waals surface area contributed by atoms with Crippen LogP contribution in [-0.4, -0.2) is 18.8 Å². The minimum absolute atomic E-state index is 0.713. The molecule has 19 heavy (non-hydrogen) atoms. The monoisotopic (exact) mass is 294 g/mol. The zero-order chi connectivity index (χ0) is 14.3. The Labute approximate surface area is 115 Å². The maximum atomic E-state index is 9.75. The highest BCUT2D eigenvalue weighted by molar-refractivity contribution is 7.96. The summed E-state index contributed by atoms with van der Waals surface area (Å²) >= 11 is 0. The summed E-state index contributed by atoms with van der Waals surface area (Å²) in [4.78, 5) is 0. The van der Waals surface area contributed by atoms with Crippen molar-refractivity contribution < 1.29 is 17.3 Å². The van der Waals surface area contributed by atoms with Crippen molar-refractivity contribution >= 4 is 18.1 Å². The predicted octanol–water partition coefficient (Wildman–Crippen LogP) is 4.46. The van der Waals surface area contributed by atoms with Crippen LogP contribution in [0.15, 0.2) is 24.3 Å². The van der Waals surface area contributed by atoms with Gasteiger partial charge < -0.3 is 17.3 Å². The Morgan fingerprint density at radius 2 is 1.37 bits per heavy atom. The number of aryl methyl sites for hydroxylation is 1. The maximum Gasteiger partial charge on any atom is 0.673 e. The highest BCUT2D eigenvalue weighted by Gasteiger charge is 2.23. The molecule has 0 saturated carbocycles. The summed E-state index contributed by atoms with van der Waals surface area (Å²) < 4.78 is 39.0. The highest BCUT2D eigenvalue weighted by Crippen LogP contribution is 2.18. The Kier molecular flexibility index (Phi) is 6.76. The zero-order valence-electron chi connectivity index (χ0n) is 11.0. The van der Waals surface area contributed by atoms with Crippen molar-refractivity contribution in [1.82, 2.24) is 0 Å². The molecule has 0 aliphatic carbocycles. The molecule has 1 heterocycles. The van der Waals surface area contributed by atoms with Crippen LogP contribution in [0.4, 0.5) is 17.3 Å². The Hall–Kier alpha value is -0.645. The van der Waals surface area contributed by atoms with Crippen LogP contribution in [0.1, 0.15) is 30.9 Å². The largest absolute Gasteiger partial charge is 0.673 e. The van der Waals surface area contributed by atoms with Gasteiger partial charge in [-0.05, 0) is 35.7 Å². The third kappa shape index (κ3) is 8.19. The van der Waals surface area contributed by atoms with Crippen LogP contribution in [0, 0.1) is 0 Å². The summed E-state index contributed by atoms with van der Waals surface area (Å²) in [5.41, 5.74) is 3.01. The van der Waals surface area contributed by atoms with E-state index in [0.29, 0.717) is 10.9 Å². The minimum Gasteiger partial charge on any atom is -0.418 e. The molecule has 0 N–H and O–H groups in total. The van der Waals surface area contributed by atoms with E-state index < -0.39 is 7.25 Å². The molecule has 0 radical (unpaired) electrons. The number of rotatable bonds is 3. The second-order valence-corrected chi connectivity index (χ2v) is 6.87. The van der Waals surface area contributed by atoms with Crippen molar-refractivity contribution in [3.8, 4) is 0 Å². The minimum atomic E-state index is -6.00. The van der Waals surface area contributed by atoms with E-state index in [0.717, 1.165) is 6.42 Å². The summed E-state index contributed by atoms with van der Waals surface area (Å²) in [6.07, 6.45) is 4.10. The van der Waals surface area contributed by atoms with Crippen LogP contribution in [0.3, 0.4) is 0 Å².